The molecule has 0 radical (unpaired) electrons. The Balaban J connectivity index is 1.35. The lowest BCUT2D eigenvalue weighted by Crippen LogP contribution is -2.38. The molecule has 0 N–H and O–H groups in total. The van der Waals surface area contributed by atoms with E-state index in [2.05, 4.69) is 28.7 Å². The lowest BCUT2D eigenvalue weighted by atomic mass is 9.82. The zero-order chi connectivity index (χ0) is 26.5. The Labute approximate surface area is 223 Å². The summed E-state index contributed by atoms with van der Waals surface area (Å²) >= 11 is 0. The van der Waals surface area contributed by atoms with Crippen molar-refractivity contribution in [3.63, 3.8) is 0 Å². The third-order valence-corrected chi connectivity index (χ3v) is 8.09. The second-order valence-corrected chi connectivity index (χ2v) is 10.3. The van der Waals surface area contributed by atoms with Gasteiger partial charge in [-0.15, -0.1) is 0 Å². The predicted octanol–water partition coefficient (Wildman–Crippen LogP) is 5.21. The second kappa shape index (κ2) is 12.4. The number of hydrogen-bond donors (Lipinski definition) is 0. The standard InChI is InChI=1S/C28H39F2N7O/c1-3-35(4-2)21-14-12-20(13-15-21)8-7-11-24-32-27(36-16-18-38-19-17-36)34-28(33-24)37-23-10-6-5-9-22(23)31-26(37)25(29)30/h5-6,9-10,20-21,25H,3-4,7-8,11-19H2,1-2H3. The highest BCUT2D eigenvalue weighted by molar-refractivity contribution is 5.77. The van der Waals surface area contributed by atoms with Crippen molar-refractivity contribution in [1.82, 2.24) is 29.4 Å². The van der Waals surface area contributed by atoms with Crippen LogP contribution in [0.5, 0.6) is 0 Å². The summed E-state index contributed by atoms with van der Waals surface area (Å²) in [5.74, 6) is 1.75. The van der Waals surface area contributed by atoms with Gasteiger partial charge in [0, 0.05) is 25.6 Å². The van der Waals surface area contributed by atoms with Crippen molar-refractivity contribution >= 4 is 17.0 Å². The molecule has 1 saturated heterocycles. The first kappa shape index (κ1) is 26.9. The molecule has 1 saturated carbocycles. The highest BCUT2D eigenvalue weighted by Gasteiger charge is 2.26. The van der Waals surface area contributed by atoms with E-state index >= 15 is 0 Å². The molecular weight excluding hydrogens is 488 g/mol. The highest BCUT2D eigenvalue weighted by atomic mass is 19.3. The first-order valence-corrected chi connectivity index (χ1v) is 14.1. The van der Waals surface area contributed by atoms with Gasteiger partial charge in [-0.1, -0.05) is 32.4 Å². The maximum atomic E-state index is 14.1. The SMILES string of the molecule is CCN(CC)C1CCC(CCCc2nc(N3CCOCC3)nc(-n3c(C(F)F)nc4ccccc43)n2)CC1. The zero-order valence-electron chi connectivity index (χ0n) is 22.5. The molecule has 0 unspecified atom stereocenters. The van der Waals surface area contributed by atoms with E-state index in [1.165, 1.54) is 30.3 Å². The number of aryl methyl sites for hydroxylation is 1. The number of rotatable bonds is 10. The molecule has 3 aromatic rings. The zero-order valence-corrected chi connectivity index (χ0v) is 22.5. The van der Waals surface area contributed by atoms with Crippen LogP contribution in [0.4, 0.5) is 14.7 Å². The van der Waals surface area contributed by atoms with Gasteiger partial charge in [-0.05, 0) is 63.2 Å². The summed E-state index contributed by atoms with van der Waals surface area (Å²) in [6.45, 7) is 9.24. The molecule has 5 rings (SSSR count). The number of para-hydroxylation sites is 2. The van der Waals surface area contributed by atoms with E-state index in [-0.39, 0.29) is 11.8 Å². The molecule has 1 aliphatic carbocycles. The number of halogens is 2. The summed E-state index contributed by atoms with van der Waals surface area (Å²) in [6.07, 6.45) is 5.12. The Hall–Kier alpha value is -2.72. The summed E-state index contributed by atoms with van der Waals surface area (Å²) < 4.78 is 35.0. The first-order valence-electron chi connectivity index (χ1n) is 14.1. The van der Waals surface area contributed by atoms with E-state index in [0.717, 1.165) is 37.9 Å². The van der Waals surface area contributed by atoms with Crippen molar-refractivity contribution in [2.45, 2.75) is 71.3 Å². The number of aromatic nitrogens is 5. The molecule has 1 aromatic carbocycles. The topological polar surface area (TPSA) is 72.2 Å². The number of hydrogen-bond acceptors (Lipinski definition) is 7. The Morgan fingerprint density at radius 2 is 1.66 bits per heavy atom. The summed E-state index contributed by atoms with van der Waals surface area (Å²) in [5.41, 5.74) is 1.07. The van der Waals surface area contributed by atoms with Gasteiger partial charge in [0.1, 0.15) is 5.82 Å². The molecule has 2 fully saturated rings. The van der Waals surface area contributed by atoms with E-state index < -0.39 is 6.43 Å². The number of imidazole rings is 1. The molecule has 1 aliphatic heterocycles. The van der Waals surface area contributed by atoms with Crippen LogP contribution in [0, 0.1) is 5.92 Å². The molecule has 206 valence electrons. The van der Waals surface area contributed by atoms with Crippen LogP contribution in [0.1, 0.15) is 70.4 Å². The fourth-order valence-electron chi connectivity index (χ4n) is 6.00. The lowest BCUT2D eigenvalue weighted by molar-refractivity contribution is 0.122. The molecule has 0 amide bonds. The van der Waals surface area contributed by atoms with Crippen LogP contribution in [-0.4, -0.2) is 74.8 Å². The van der Waals surface area contributed by atoms with Crippen molar-refractivity contribution < 1.29 is 13.5 Å². The molecule has 2 aromatic heterocycles. The van der Waals surface area contributed by atoms with Gasteiger partial charge >= 0.3 is 0 Å². The third kappa shape index (κ3) is 5.96. The quantitative estimate of drug-likeness (QED) is 0.359. The van der Waals surface area contributed by atoms with Crippen LogP contribution in [-0.2, 0) is 11.2 Å². The number of fused-ring (bicyclic) bond motifs is 1. The van der Waals surface area contributed by atoms with Crippen molar-refractivity contribution in [2.75, 3.05) is 44.3 Å². The molecule has 2 aliphatic rings. The van der Waals surface area contributed by atoms with Crippen LogP contribution in [0.3, 0.4) is 0 Å². The number of ether oxygens (including phenoxy) is 1. The van der Waals surface area contributed by atoms with Crippen LogP contribution < -0.4 is 4.90 Å². The van der Waals surface area contributed by atoms with Crippen molar-refractivity contribution in [3.8, 4) is 5.95 Å². The number of alkyl halides is 2. The fourth-order valence-corrected chi connectivity index (χ4v) is 6.00. The van der Waals surface area contributed by atoms with E-state index in [1.807, 2.05) is 11.0 Å². The highest BCUT2D eigenvalue weighted by Crippen LogP contribution is 2.31. The number of benzene rings is 1. The third-order valence-electron chi connectivity index (χ3n) is 8.09. The minimum absolute atomic E-state index is 0.209. The van der Waals surface area contributed by atoms with E-state index in [0.29, 0.717) is 55.5 Å². The lowest BCUT2D eigenvalue weighted by Gasteiger charge is -2.35. The second-order valence-electron chi connectivity index (χ2n) is 10.3. The Kier molecular flexibility index (Phi) is 8.79. The van der Waals surface area contributed by atoms with Gasteiger partial charge in [0.25, 0.3) is 6.43 Å². The largest absolute Gasteiger partial charge is 0.378 e. The van der Waals surface area contributed by atoms with Gasteiger partial charge in [-0.25, -0.2) is 13.8 Å². The van der Waals surface area contributed by atoms with Crippen molar-refractivity contribution in [1.29, 1.82) is 0 Å². The monoisotopic (exact) mass is 527 g/mol. The Morgan fingerprint density at radius 3 is 2.37 bits per heavy atom. The van der Waals surface area contributed by atoms with Gasteiger partial charge in [0.15, 0.2) is 5.82 Å². The molecule has 8 nitrogen and oxygen atoms in total. The smallest absolute Gasteiger partial charge is 0.296 e. The molecule has 0 spiro atoms. The molecule has 3 heterocycles. The molecule has 0 bridgehead atoms. The van der Waals surface area contributed by atoms with E-state index in [9.17, 15) is 8.78 Å². The van der Waals surface area contributed by atoms with Gasteiger partial charge in [-0.2, -0.15) is 15.0 Å². The number of anilines is 1. The molecule has 38 heavy (non-hydrogen) atoms. The van der Waals surface area contributed by atoms with Crippen molar-refractivity contribution in [2.24, 2.45) is 5.92 Å². The molecular formula is C28H39F2N7O. The van der Waals surface area contributed by atoms with E-state index in [1.54, 1.807) is 18.2 Å². The average molecular weight is 528 g/mol. The molecule has 0 atom stereocenters. The summed E-state index contributed by atoms with van der Waals surface area (Å²) in [5, 5.41) is 0. The van der Waals surface area contributed by atoms with Crippen LogP contribution >= 0.6 is 0 Å². The fraction of sp³-hybridized carbons (Fsp3) is 0.643. The summed E-state index contributed by atoms with van der Waals surface area (Å²) in [7, 11) is 0. The Morgan fingerprint density at radius 1 is 0.947 bits per heavy atom. The minimum Gasteiger partial charge on any atom is -0.378 e. The minimum atomic E-state index is -2.75. The van der Waals surface area contributed by atoms with E-state index in [4.69, 9.17) is 14.7 Å². The summed E-state index contributed by atoms with van der Waals surface area (Å²) in [6, 6.07) is 7.84. The maximum Gasteiger partial charge on any atom is 0.296 e. The van der Waals surface area contributed by atoms with Gasteiger partial charge in [-0.3, -0.25) is 4.57 Å². The normalized spacial score (nSPS) is 20.6. The van der Waals surface area contributed by atoms with Crippen LogP contribution in [0.15, 0.2) is 24.3 Å². The van der Waals surface area contributed by atoms with Crippen LogP contribution in [0.25, 0.3) is 17.0 Å². The predicted molar refractivity (Wildman–Crippen MR) is 144 cm³/mol. The van der Waals surface area contributed by atoms with Crippen molar-refractivity contribution in [3.05, 3.63) is 35.9 Å². The Bertz CT molecular complexity index is 1190. The van der Waals surface area contributed by atoms with Gasteiger partial charge < -0.3 is 14.5 Å². The number of morpholine rings is 1. The molecule has 10 heteroatoms. The van der Waals surface area contributed by atoms with Gasteiger partial charge in [0.05, 0.1) is 24.2 Å². The summed E-state index contributed by atoms with van der Waals surface area (Å²) in [4.78, 5) is 23.0. The maximum absolute atomic E-state index is 14.1. The average Bonchev–Trinajstić information content (AvgIpc) is 3.35. The first-order chi connectivity index (χ1) is 18.6. The van der Waals surface area contributed by atoms with Crippen LogP contribution in [0.2, 0.25) is 0 Å². The van der Waals surface area contributed by atoms with Gasteiger partial charge in [0.2, 0.25) is 11.9 Å². The number of nitrogens with zero attached hydrogens (tertiary/aromatic N) is 7.